The molecular weight excluding hydrogens is 532 g/mol. The summed E-state index contributed by atoms with van der Waals surface area (Å²) < 4.78 is 7.72. The summed E-state index contributed by atoms with van der Waals surface area (Å²) in [5.74, 6) is 0.862. The highest BCUT2D eigenvalue weighted by Gasteiger charge is 2.10. The lowest BCUT2D eigenvalue weighted by Gasteiger charge is -2.09. The minimum atomic E-state index is -0.281. The second-order valence-corrected chi connectivity index (χ2v) is 9.07. The van der Waals surface area contributed by atoms with Crippen LogP contribution in [0.3, 0.4) is 0 Å². The average molecular weight is 554 g/mol. The number of aryl methyl sites for hydroxylation is 1. The zero-order valence-electron chi connectivity index (χ0n) is 18.9. The van der Waals surface area contributed by atoms with E-state index in [-0.39, 0.29) is 18.1 Å². The van der Waals surface area contributed by atoms with Gasteiger partial charge in [0.2, 0.25) is 0 Å². The van der Waals surface area contributed by atoms with Crippen LogP contribution in [-0.2, 0) is 11.2 Å². The first kappa shape index (κ1) is 24.6. The fraction of sp³-hybridized carbons (Fsp3) is 0.154. The predicted molar refractivity (Wildman–Crippen MR) is 143 cm³/mol. The minimum absolute atomic E-state index is 0.135. The average Bonchev–Trinajstić information content (AvgIpc) is 2.85. The molecule has 0 spiro atoms. The fourth-order valence-corrected chi connectivity index (χ4v) is 3.84. The molecular formula is C26H22BrClN4O3. The first-order valence-electron chi connectivity index (χ1n) is 11.0. The van der Waals surface area contributed by atoms with Gasteiger partial charge in [-0.1, -0.05) is 34.5 Å². The summed E-state index contributed by atoms with van der Waals surface area (Å²) >= 11 is 9.26. The van der Waals surface area contributed by atoms with Crippen molar-refractivity contribution in [2.45, 2.75) is 19.8 Å². The Labute approximate surface area is 215 Å². The second kappa shape index (κ2) is 11.3. The number of ether oxygens (including phenoxy) is 1. The Morgan fingerprint density at radius 1 is 1.14 bits per heavy atom. The number of hydrogen-bond acceptors (Lipinski definition) is 5. The number of halogens is 2. The van der Waals surface area contributed by atoms with Crippen molar-refractivity contribution in [1.82, 2.24) is 9.66 Å². The molecule has 0 atom stereocenters. The van der Waals surface area contributed by atoms with Gasteiger partial charge in [0.05, 0.1) is 17.1 Å². The minimum Gasteiger partial charge on any atom is -0.484 e. The van der Waals surface area contributed by atoms with E-state index in [1.807, 2.05) is 19.1 Å². The summed E-state index contributed by atoms with van der Waals surface area (Å²) in [5, 5.41) is 8.25. The van der Waals surface area contributed by atoms with E-state index < -0.39 is 0 Å². The molecule has 178 valence electrons. The number of carbonyl (C=O) groups excluding carboxylic acids is 1. The molecule has 0 aliphatic heterocycles. The van der Waals surface area contributed by atoms with Gasteiger partial charge in [-0.05, 0) is 78.7 Å². The number of amides is 1. The van der Waals surface area contributed by atoms with Crippen LogP contribution in [0.1, 0.15) is 24.7 Å². The highest BCUT2D eigenvalue weighted by molar-refractivity contribution is 9.10. The summed E-state index contributed by atoms with van der Waals surface area (Å²) in [6, 6.07) is 19.3. The van der Waals surface area contributed by atoms with Gasteiger partial charge in [-0.3, -0.25) is 9.59 Å². The maximum atomic E-state index is 13.1. The molecule has 0 aliphatic carbocycles. The number of hydrogen-bond donors (Lipinski definition) is 1. The van der Waals surface area contributed by atoms with Crippen LogP contribution in [0, 0.1) is 0 Å². The quantitative estimate of drug-likeness (QED) is 0.285. The zero-order chi connectivity index (χ0) is 24.8. The summed E-state index contributed by atoms with van der Waals surface area (Å²) in [7, 11) is 0. The van der Waals surface area contributed by atoms with Gasteiger partial charge < -0.3 is 10.1 Å². The Morgan fingerprint density at radius 3 is 2.60 bits per heavy atom. The standard InChI is InChI=1S/C26H22BrClN4O3/c1-2-3-24-31-23-13-6-18(27)14-22(23)26(34)32(24)29-15-17-4-11-21(12-5-17)35-16-25(33)30-20-9-7-19(28)8-10-20/h4-15H,2-3,16H2,1H3,(H,30,33). The van der Waals surface area contributed by atoms with Gasteiger partial charge in [0.25, 0.3) is 11.5 Å². The van der Waals surface area contributed by atoms with E-state index in [1.165, 1.54) is 4.68 Å². The highest BCUT2D eigenvalue weighted by Crippen LogP contribution is 2.17. The molecule has 3 aromatic carbocycles. The predicted octanol–water partition coefficient (Wildman–Crippen LogP) is 5.66. The van der Waals surface area contributed by atoms with Crippen molar-refractivity contribution in [3.63, 3.8) is 0 Å². The summed E-state index contributed by atoms with van der Waals surface area (Å²) in [6.07, 6.45) is 3.06. The van der Waals surface area contributed by atoms with Crippen LogP contribution in [0.25, 0.3) is 10.9 Å². The third-order valence-electron chi connectivity index (χ3n) is 5.05. The maximum Gasteiger partial charge on any atom is 0.282 e. The number of aromatic nitrogens is 2. The van der Waals surface area contributed by atoms with Gasteiger partial charge in [-0.25, -0.2) is 4.98 Å². The van der Waals surface area contributed by atoms with E-state index in [1.54, 1.807) is 60.8 Å². The summed E-state index contributed by atoms with van der Waals surface area (Å²) in [4.78, 5) is 29.8. The number of benzene rings is 3. The number of carbonyl (C=O) groups is 1. The molecule has 9 heteroatoms. The van der Waals surface area contributed by atoms with Crippen molar-refractivity contribution in [3.8, 4) is 5.75 Å². The molecule has 0 radical (unpaired) electrons. The molecule has 0 bridgehead atoms. The van der Waals surface area contributed by atoms with Gasteiger partial charge in [0, 0.05) is 21.6 Å². The SMILES string of the molecule is CCCc1nc2ccc(Br)cc2c(=O)n1N=Cc1ccc(OCC(=O)Nc2ccc(Cl)cc2)cc1. The van der Waals surface area contributed by atoms with Crippen molar-refractivity contribution in [2.75, 3.05) is 11.9 Å². The van der Waals surface area contributed by atoms with Crippen LogP contribution in [0.15, 0.2) is 81.1 Å². The zero-order valence-corrected chi connectivity index (χ0v) is 21.2. The summed E-state index contributed by atoms with van der Waals surface area (Å²) in [6.45, 7) is 1.89. The number of nitrogens with zero attached hydrogens (tertiary/aromatic N) is 3. The Morgan fingerprint density at radius 2 is 1.89 bits per heavy atom. The van der Waals surface area contributed by atoms with E-state index in [4.69, 9.17) is 16.3 Å². The number of rotatable bonds is 8. The van der Waals surface area contributed by atoms with E-state index >= 15 is 0 Å². The van der Waals surface area contributed by atoms with Crippen LogP contribution in [0.5, 0.6) is 5.75 Å². The van der Waals surface area contributed by atoms with Crippen LogP contribution in [-0.4, -0.2) is 28.4 Å². The second-order valence-electron chi connectivity index (χ2n) is 7.71. The molecule has 0 saturated heterocycles. The monoisotopic (exact) mass is 552 g/mol. The van der Waals surface area contributed by atoms with Crippen molar-refractivity contribution >= 4 is 56.2 Å². The van der Waals surface area contributed by atoms with Crippen molar-refractivity contribution in [2.24, 2.45) is 5.10 Å². The lowest BCUT2D eigenvalue weighted by molar-refractivity contribution is -0.118. The summed E-state index contributed by atoms with van der Waals surface area (Å²) in [5.41, 5.74) is 1.84. The smallest absolute Gasteiger partial charge is 0.282 e. The van der Waals surface area contributed by atoms with Crippen LogP contribution in [0.2, 0.25) is 5.02 Å². The Hall–Kier alpha value is -3.49. The lowest BCUT2D eigenvalue weighted by atomic mass is 10.2. The molecule has 0 fully saturated rings. The molecule has 1 heterocycles. The number of anilines is 1. The van der Waals surface area contributed by atoms with Gasteiger partial charge >= 0.3 is 0 Å². The largest absolute Gasteiger partial charge is 0.484 e. The fourth-order valence-electron chi connectivity index (χ4n) is 3.35. The Bertz CT molecular complexity index is 1430. The Kier molecular flexibility index (Phi) is 7.94. The molecule has 0 unspecified atom stereocenters. The highest BCUT2D eigenvalue weighted by atomic mass is 79.9. The molecule has 0 saturated carbocycles. The molecule has 35 heavy (non-hydrogen) atoms. The third kappa shape index (κ3) is 6.35. The number of fused-ring (bicyclic) bond motifs is 1. The van der Waals surface area contributed by atoms with Crippen molar-refractivity contribution in [1.29, 1.82) is 0 Å². The topological polar surface area (TPSA) is 85.6 Å². The van der Waals surface area contributed by atoms with Crippen LogP contribution < -0.4 is 15.6 Å². The normalized spacial score (nSPS) is 11.2. The first-order valence-corrected chi connectivity index (χ1v) is 12.1. The molecule has 7 nitrogen and oxygen atoms in total. The van der Waals surface area contributed by atoms with E-state index in [2.05, 4.69) is 31.3 Å². The molecule has 4 aromatic rings. The maximum absolute atomic E-state index is 13.1. The first-order chi connectivity index (χ1) is 16.9. The van der Waals surface area contributed by atoms with Crippen molar-refractivity contribution < 1.29 is 9.53 Å². The van der Waals surface area contributed by atoms with Gasteiger partial charge in [0.15, 0.2) is 6.61 Å². The van der Waals surface area contributed by atoms with Crippen LogP contribution >= 0.6 is 27.5 Å². The molecule has 1 aromatic heterocycles. The lowest BCUT2D eigenvalue weighted by Crippen LogP contribution is -2.22. The Balaban J connectivity index is 1.45. The van der Waals surface area contributed by atoms with E-state index in [0.717, 1.165) is 16.5 Å². The van der Waals surface area contributed by atoms with E-state index in [0.29, 0.717) is 39.6 Å². The molecule has 1 N–H and O–H groups in total. The van der Waals surface area contributed by atoms with Gasteiger partial charge in [-0.15, -0.1) is 0 Å². The number of nitrogens with one attached hydrogen (secondary N) is 1. The van der Waals surface area contributed by atoms with Crippen molar-refractivity contribution in [3.05, 3.63) is 98.0 Å². The molecule has 4 rings (SSSR count). The van der Waals surface area contributed by atoms with Crippen LogP contribution in [0.4, 0.5) is 5.69 Å². The third-order valence-corrected chi connectivity index (χ3v) is 5.79. The van der Waals surface area contributed by atoms with E-state index in [9.17, 15) is 9.59 Å². The molecule has 1 amide bonds. The molecule has 0 aliphatic rings. The van der Waals surface area contributed by atoms with Gasteiger partial charge in [-0.2, -0.15) is 9.78 Å². The van der Waals surface area contributed by atoms with Gasteiger partial charge in [0.1, 0.15) is 11.6 Å².